The number of nitrogen functional groups attached to an aromatic ring is 1. The molecule has 1 aromatic heterocycles. The zero-order valence-electron chi connectivity index (χ0n) is 10.7. The Morgan fingerprint density at radius 1 is 1.39 bits per heavy atom. The van der Waals surface area contributed by atoms with Crippen LogP contribution in [0.25, 0.3) is 0 Å². The fourth-order valence-corrected chi connectivity index (χ4v) is 1.43. The summed E-state index contributed by atoms with van der Waals surface area (Å²) in [5.41, 5.74) is 6.22. The van der Waals surface area contributed by atoms with Gasteiger partial charge in [0.05, 0.1) is 5.69 Å². The first kappa shape index (κ1) is 14.0. The van der Waals surface area contributed by atoms with Crippen molar-refractivity contribution in [2.45, 2.75) is 26.8 Å². The normalized spacial score (nSPS) is 10.1. The molecule has 100 valence electrons. The number of amides is 2. The summed E-state index contributed by atoms with van der Waals surface area (Å²) in [6, 6.07) is 0. The van der Waals surface area contributed by atoms with Crippen LogP contribution >= 0.6 is 0 Å². The van der Waals surface area contributed by atoms with Crippen molar-refractivity contribution in [3.8, 4) is 0 Å². The van der Waals surface area contributed by atoms with Gasteiger partial charge < -0.3 is 16.4 Å². The van der Waals surface area contributed by atoms with Crippen molar-refractivity contribution in [3.63, 3.8) is 0 Å². The summed E-state index contributed by atoms with van der Waals surface area (Å²) in [5.74, 6) is -0.450. The van der Waals surface area contributed by atoms with Crippen molar-refractivity contribution < 1.29 is 9.59 Å². The SMILES string of the molecule is CCNC(=O)CCNC(=O)c1nn(CC)cc1N. The lowest BCUT2D eigenvalue weighted by molar-refractivity contribution is -0.120. The molecule has 1 heterocycles. The number of nitrogens with two attached hydrogens (primary N) is 1. The molecule has 0 saturated heterocycles. The molecule has 0 saturated carbocycles. The van der Waals surface area contributed by atoms with Crippen molar-refractivity contribution in [1.82, 2.24) is 20.4 Å². The maximum absolute atomic E-state index is 11.7. The molecule has 1 aromatic rings. The molecule has 7 nitrogen and oxygen atoms in total. The highest BCUT2D eigenvalue weighted by Crippen LogP contribution is 2.08. The van der Waals surface area contributed by atoms with E-state index in [1.165, 1.54) is 0 Å². The summed E-state index contributed by atoms with van der Waals surface area (Å²) in [7, 11) is 0. The second-order valence-electron chi connectivity index (χ2n) is 3.75. The number of hydrogen-bond donors (Lipinski definition) is 3. The summed E-state index contributed by atoms with van der Waals surface area (Å²) >= 11 is 0. The molecule has 0 unspecified atom stereocenters. The van der Waals surface area contributed by atoms with Gasteiger partial charge in [-0.1, -0.05) is 0 Å². The Morgan fingerprint density at radius 3 is 2.67 bits per heavy atom. The first-order valence-electron chi connectivity index (χ1n) is 5.96. The van der Waals surface area contributed by atoms with Crippen LogP contribution in [0.3, 0.4) is 0 Å². The number of rotatable bonds is 6. The number of anilines is 1. The van der Waals surface area contributed by atoms with E-state index in [1.54, 1.807) is 10.9 Å². The van der Waals surface area contributed by atoms with Gasteiger partial charge in [0, 0.05) is 32.3 Å². The maximum atomic E-state index is 11.7. The van der Waals surface area contributed by atoms with Crippen LogP contribution in [-0.4, -0.2) is 34.7 Å². The molecule has 0 aliphatic heterocycles. The molecular formula is C11H19N5O2. The minimum atomic E-state index is -0.357. The van der Waals surface area contributed by atoms with Crippen molar-refractivity contribution in [2.75, 3.05) is 18.8 Å². The number of hydrogen-bond acceptors (Lipinski definition) is 4. The predicted octanol–water partition coefficient (Wildman–Crippen LogP) is -0.259. The molecule has 18 heavy (non-hydrogen) atoms. The molecule has 0 aromatic carbocycles. The molecule has 2 amide bonds. The summed E-state index contributed by atoms with van der Waals surface area (Å²) in [4.78, 5) is 22.9. The minimum Gasteiger partial charge on any atom is -0.396 e. The molecule has 7 heteroatoms. The van der Waals surface area contributed by atoms with Crippen LogP contribution in [0.15, 0.2) is 6.20 Å². The molecule has 0 fully saturated rings. The zero-order chi connectivity index (χ0) is 13.5. The van der Waals surface area contributed by atoms with Gasteiger partial charge in [-0.25, -0.2) is 0 Å². The van der Waals surface area contributed by atoms with Crippen LogP contribution in [0, 0.1) is 0 Å². The summed E-state index contributed by atoms with van der Waals surface area (Å²) in [6.45, 7) is 5.25. The molecule has 1 rings (SSSR count). The van der Waals surface area contributed by atoms with E-state index in [0.717, 1.165) is 0 Å². The Morgan fingerprint density at radius 2 is 2.11 bits per heavy atom. The van der Waals surface area contributed by atoms with Crippen molar-refractivity contribution in [3.05, 3.63) is 11.9 Å². The smallest absolute Gasteiger partial charge is 0.273 e. The highest BCUT2D eigenvalue weighted by Gasteiger charge is 2.14. The molecular weight excluding hydrogens is 234 g/mol. The van der Waals surface area contributed by atoms with Gasteiger partial charge in [-0.05, 0) is 13.8 Å². The summed E-state index contributed by atoms with van der Waals surface area (Å²) in [5, 5.41) is 9.30. The maximum Gasteiger partial charge on any atom is 0.273 e. The van der Waals surface area contributed by atoms with E-state index >= 15 is 0 Å². The molecule has 0 spiro atoms. The lowest BCUT2D eigenvalue weighted by Crippen LogP contribution is -2.31. The van der Waals surface area contributed by atoms with E-state index in [1.807, 2.05) is 13.8 Å². The largest absolute Gasteiger partial charge is 0.396 e. The van der Waals surface area contributed by atoms with Gasteiger partial charge in [0.25, 0.3) is 5.91 Å². The predicted molar refractivity (Wildman–Crippen MR) is 67.9 cm³/mol. The Balaban J connectivity index is 2.45. The van der Waals surface area contributed by atoms with Crippen molar-refractivity contribution in [1.29, 1.82) is 0 Å². The van der Waals surface area contributed by atoms with Crippen LogP contribution in [0.1, 0.15) is 30.8 Å². The third-order valence-corrected chi connectivity index (χ3v) is 2.34. The quantitative estimate of drug-likeness (QED) is 0.650. The average Bonchev–Trinajstić information content (AvgIpc) is 2.71. The molecule has 0 aliphatic carbocycles. The summed E-state index contributed by atoms with van der Waals surface area (Å²) < 4.78 is 1.59. The standard InChI is InChI=1S/C11H19N5O2/c1-3-13-9(17)5-6-14-11(18)10-8(12)7-16(4-2)15-10/h7H,3-6,12H2,1-2H3,(H,13,17)(H,14,18). The minimum absolute atomic E-state index is 0.0927. The second-order valence-corrected chi connectivity index (χ2v) is 3.75. The van der Waals surface area contributed by atoms with Gasteiger partial charge >= 0.3 is 0 Å². The topological polar surface area (TPSA) is 102 Å². The fourth-order valence-electron chi connectivity index (χ4n) is 1.43. The third kappa shape index (κ3) is 3.76. The van der Waals surface area contributed by atoms with Crippen LogP contribution in [0.4, 0.5) is 5.69 Å². The number of nitrogens with zero attached hydrogens (tertiary/aromatic N) is 2. The van der Waals surface area contributed by atoms with Gasteiger partial charge in [-0.3, -0.25) is 14.3 Å². The van der Waals surface area contributed by atoms with E-state index in [9.17, 15) is 9.59 Å². The molecule has 0 bridgehead atoms. The average molecular weight is 253 g/mol. The van der Waals surface area contributed by atoms with Gasteiger partial charge in [0.1, 0.15) is 0 Å². The van der Waals surface area contributed by atoms with E-state index in [-0.39, 0.29) is 30.5 Å². The number of carbonyl (C=O) groups excluding carboxylic acids is 2. The van der Waals surface area contributed by atoms with Gasteiger partial charge in [0.2, 0.25) is 5.91 Å². The molecule has 4 N–H and O–H groups in total. The Hall–Kier alpha value is -2.05. The number of aryl methyl sites for hydroxylation is 1. The Labute approximate surface area is 106 Å². The summed E-state index contributed by atoms with van der Waals surface area (Å²) in [6.07, 6.45) is 1.85. The van der Waals surface area contributed by atoms with E-state index in [4.69, 9.17) is 5.73 Å². The van der Waals surface area contributed by atoms with Crippen LogP contribution in [-0.2, 0) is 11.3 Å². The molecule has 0 atom stereocenters. The van der Waals surface area contributed by atoms with Gasteiger partial charge in [-0.15, -0.1) is 0 Å². The van der Waals surface area contributed by atoms with Gasteiger partial charge in [-0.2, -0.15) is 5.10 Å². The first-order valence-corrected chi connectivity index (χ1v) is 5.96. The highest BCUT2D eigenvalue weighted by atomic mass is 16.2. The molecule has 0 aliphatic rings. The van der Waals surface area contributed by atoms with Crippen molar-refractivity contribution >= 4 is 17.5 Å². The Bertz CT molecular complexity index is 427. The van der Waals surface area contributed by atoms with Crippen LogP contribution in [0.5, 0.6) is 0 Å². The second kappa shape index (κ2) is 6.63. The van der Waals surface area contributed by atoms with E-state index in [0.29, 0.717) is 18.8 Å². The zero-order valence-corrected chi connectivity index (χ0v) is 10.7. The van der Waals surface area contributed by atoms with Gasteiger partial charge in [0.15, 0.2) is 5.69 Å². The lowest BCUT2D eigenvalue weighted by atomic mass is 10.3. The number of carbonyl (C=O) groups is 2. The first-order chi connectivity index (χ1) is 8.58. The van der Waals surface area contributed by atoms with E-state index in [2.05, 4.69) is 15.7 Å². The number of aromatic nitrogens is 2. The Kier molecular flexibility index (Phi) is 5.16. The molecule has 0 radical (unpaired) electrons. The van der Waals surface area contributed by atoms with Crippen LogP contribution in [0.2, 0.25) is 0 Å². The van der Waals surface area contributed by atoms with Crippen LogP contribution < -0.4 is 16.4 Å². The van der Waals surface area contributed by atoms with E-state index < -0.39 is 0 Å². The number of nitrogens with one attached hydrogen (secondary N) is 2. The monoisotopic (exact) mass is 253 g/mol. The van der Waals surface area contributed by atoms with Crippen molar-refractivity contribution in [2.24, 2.45) is 0 Å². The lowest BCUT2D eigenvalue weighted by Gasteiger charge is -2.04. The highest BCUT2D eigenvalue weighted by molar-refractivity contribution is 5.97. The third-order valence-electron chi connectivity index (χ3n) is 2.34. The fraction of sp³-hybridized carbons (Fsp3) is 0.545.